The second-order valence-electron chi connectivity index (χ2n) is 6.37. The fourth-order valence-electron chi connectivity index (χ4n) is 2.64. The largest absolute Gasteiger partial charge is 0.369 e. The fraction of sp³-hybridized carbons (Fsp3) is 0.588. The lowest BCUT2D eigenvalue weighted by Gasteiger charge is -2.36. The topological polar surface area (TPSA) is 61.6 Å². The quantitative estimate of drug-likeness (QED) is 0.822. The van der Waals surface area contributed by atoms with Crippen LogP contribution in [0.1, 0.15) is 13.8 Å². The minimum Gasteiger partial charge on any atom is -0.369 e. The molecule has 2 rings (SSSR count). The van der Waals surface area contributed by atoms with E-state index < -0.39 is 6.04 Å². The van der Waals surface area contributed by atoms with Gasteiger partial charge in [-0.15, -0.1) is 0 Å². The highest BCUT2D eigenvalue weighted by Gasteiger charge is 2.19. The molecule has 6 heteroatoms. The predicted molar refractivity (Wildman–Crippen MR) is 90.9 cm³/mol. The van der Waals surface area contributed by atoms with Gasteiger partial charge in [0.25, 0.3) is 0 Å². The Labute approximate surface area is 137 Å². The van der Waals surface area contributed by atoms with Gasteiger partial charge in [-0.3, -0.25) is 9.69 Å². The van der Waals surface area contributed by atoms with Crippen molar-refractivity contribution in [1.29, 1.82) is 0 Å². The van der Waals surface area contributed by atoms with E-state index in [-0.39, 0.29) is 17.6 Å². The molecule has 0 saturated carbocycles. The Morgan fingerprint density at radius 2 is 1.83 bits per heavy atom. The number of carbonyl (C=O) groups excluding carboxylic acids is 1. The van der Waals surface area contributed by atoms with Gasteiger partial charge < -0.3 is 16.0 Å². The van der Waals surface area contributed by atoms with Gasteiger partial charge in [0, 0.05) is 45.0 Å². The van der Waals surface area contributed by atoms with Gasteiger partial charge in [-0.05, 0) is 30.2 Å². The van der Waals surface area contributed by atoms with Crippen LogP contribution in [0.4, 0.5) is 10.1 Å². The SMILES string of the molecule is CC(C)[C@H](N)C(=O)NCCN1CCN(c2ccc(F)cc2)CC1. The van der Waals surface area contributed by atoms with Crippen LogP contribution in [0.2, 0.25) is 0 Å². The molecule has 128 valence electrons. The Balaban J connectivity index is 1.69. The third kappa shape index (κ3) is 5.18. The average Bonchev–Trinajstić information content (AvgIpc) is 2.55. The summed E-state index contributed by atoms with van der Waals surface area (Å²) in [6.45, 7) is 9.02. The summed E-state index contributed by atoms with van der Waals surface area (Å²) in [7, 11) is 0. The number of benzene rings is 1. The van der Waals surface area contributed by atoms with Crippen molar-refractivity contribution in [3.63, 3.8) is 0 Å². The Hall–Kier alpha value is -1.66. The summed E-state index contributed by atoms with van der Waals surface area (Å²) in [5.74, 6) is -0.137. The molecule has 1 aromatic carbocycles. The molecule has 1 fully saturated rings. The van der Waals surface area contributed by atoms with E-state index in [1.54, 1.807) is 0 Å². The number of nitrogens with zero attached hydrogens (tertiary/aromatic N) is 2. The van der Waals surface area contributed by atoms with Crippen molar-refractivity contribution in [2.45, 2.75) is 19.9 Å². The number of carbonyl (C=O) groups is 1. The molecule has 23 heavy (non-hydrogen) atoms. The van der Waals surface area contributed by atoms with Crippen LogP contribution in [0.25, 0.3) is 0 Å². The van der Waals surface area contributed by atoms with Crippen molar-refractivity contribution in [2.75, 3.05) is 44.2 Å². The Morgan fingerprint density at radius 1 is 1.22 bits per heavy atom. The van der Waals surface area contributed by atoms with Crippen LogP contribution in [0.3, 0.4) is 0 Å². The molecule has 1 saturated heterocycles. The molecule has 0 aliphatic carbocycles. The molecule has 0 radical (unpaired) electrons. The maximum Gasteiger partial charge on any atom is 0.237 e. The zero-order valence-electron chi connectivity index (χ0n) is 14.0. The van der Waals surface area contributed by atoms with Gasteiger partial charge in [-0.1, -0.05) is 13.8 Å². The summed E-state index contributed by atoms with van der Waals surface area (Å²) in [6.07, 6.45) is 0. The smallest absolute Gasteiger partial charge is 0.237 e. The van der Waals surface area contributed by atoms with Gasteiger partial charge in [-0.25, -0.2) is 4.39 Å². The fourth-order valence-corrected chi connectivity index (χ4v) is 2.64. The van der Waals surface area contributed by atoms with E-state index in [1.165, 1.54) is 12.1 Å². The summed E-state index contributed by atoms with van der Waals surface area (Å²) in [4.78, 5) is 16.4. The molecule has 1 amide bonds. The highest BCUT2D eigenvalue weighted by Crippen LogP contribution is 2.16. The van der Waals surface area contributed by atoms with E-state index in [0.29, 0.717) is 6.54 Å². The Bertz CT molecular complexity index is 498. The van der Waals surface area contributed by atoms with Crippen LogP contribution in [0.5, 0.6) is 0 Å². The van der Waals surface area contributed by atoms with Crippen molar-refractivity contribution in [3.8, 4) is 0 Å². The van der Waals surface area contributed by atoms with Crippen molar-refractivity contribution >= 4 is 11.6 Å². The maximum atomic E-state index is 13.0. The minimum atomic E-state index is -0.440. The molecule has 5 nitrogen and oxygen atoms in total. The number of rotatable bonds is 6. The third-order valence-electron chi connectivity index (χ3n) is 4.31. The number of amides is 1. The molecular formula is C17H27FN4O. The van der Waals surface area contributed by atoms with E-state index in [0.717, 1.165) is 38.4 Å². The molecule has 0 unspecified atom stereocenters. The zero-order chi connectivity index (χ0) is 16.8. The van der Waals surface area contributed by atoms with Crippen LogP contribution < -0.4 is 16.0 Å². The van der Waals surface area contributed by atoms with E-state index >= 15 is 0 Å². The molecular weight excluding hydrogens is 295 g/mol. The van der Waals surface area contributed by atoms with Crippen molar-refractivity contribution in [1.82, 2.24) is 10.2 Å². The summed E-state index contributed by atoms with van der Waals surface area (Å²) in [5, 5.41) is 2.90. The van der Waals surface area contributed by atoms with Crippen molar-refractivity contribution in [2.24, 2.45) is 11.7 Å². The van der Waals surface area contributed by atoms with Gasteiger partial charge in [0.05, 0.1) is 6.04 Å². The Kier molecular flexibility index (Phi) is 6.36. The highest BCUT2D eigenvalue weighted by molar-refractivity contribution is 5.81. The average molecular weight is 322 g/mol. The first kappa shape index (κ1) is 17.7. The van der Waals surface area contributed by atoms with E-state index in [1.807, 2.05) is 26.0 Å². The van der Waals surface area contributed by atoms with Gasteiger partial charge in [-0.2, -0.15) is 0 Å². The first-order chi connectivity index (χ1) is 11.0. The molecule has 0 aromatic heterocycles. The third-order valence-corrected chi connectivity index (χ3v) is 4.31. The van der Waals surface area contributed by atoms with Crippen LogP contribution in [-0.2, 0) is 4.79 Å². The van der Waals surface area contributed by atoms with E-state index in [2.05, 4.69) is 15.1 Å². The van der Waals surface area contributed by atoms with Crippen molar-refractivity contribution in [3.05, 3.63) is 30.1 Å². The summed E-state index contributed by atoms with van der Waals surface area (Å²) in [5.41, 5.74) is 6.87. The lowest BCUT2D eigenvalue weighted by Crippen LogP contribution is -2.50. The molecule has 1 aliphatic heterocycles. The first-order valence-corrected chi connectivity index (χ1v) is 8.23. The standard InChI is InChI=1S/C17H27FN4O/c1-13(2)16(19)17(23)20-7-8-21-9-11-22(12-10-21)15-5-3-14(18)4-6-15/h3-6,13,16H,7-12,19H2,1-2H3,(H,20,23)/t16-/m0/s1. The van der Waals surface area contributed by atoms with Crippen molar-refractivity contribution < 1.29 is 9.18 Å². The van der Waals surface area contributed by atoms with Gasteiger partial charge in [0.1, 0.15) is 5.82 Å². The zero-order valence-corrected chi connectivity index (χ0v) is 14.0. The molecule has 1 heterocycles. The maximum absolute atomic E-state index is 13.0. The van der Waals surface area contributed by atoms with Gasteiger partial charge in [0.2, 0.25) is 5.91 Å². The molecule has 3 N–H and O–H groups in total. The molecule has 0 spiro atoms. The summed E-state index contributed by atoms with van der Waals surface area (Å²) < 4.78 is 13.0. The molecule has 1 aromatic rings. The van der Waals surface area contributed by atoms with Crippen LogP contribution >= 0.6 is 0 Å². The van der Waals surface area contributed by atoms with Gasteiger partial charge in [0.15, 0.2) is 0 Å². The monoisotopic (exact) mass is 322 g/mol. The summed E-state index contributed by atoms with van der Waals surface area (Å²) in [6, 6.07) is 6.19. The number of nitrogens with one attached hydrogen (secondary N) is 1. The second-order valence-corrected chi connectivity index (χ2v) is 6.37. The number of hydrogen-bond donors (Lipinski definition) is 2. The van der Waals surface area contributed by atoms with Gasteiger partial charge >= 0.3 is 0 Å². The summed E-state index contributed by atoms with van der Waals surface area (Å²) >= 11 is 0. The van der Waals surface area contributed by atoms with Crippen LogP contribution in [0.15, 0.2) is 24.3 Å². The number of piperazine rings is 1. The van der Waals surface area contributed by atoms with Crippen LogP contribution in [-0.4, -0.2) is 56.1 Å². The predicted octanol–water partition coefficient (Wildman–Crippen LogP) is 1.05. The van der Waals surface area contributed by atoms with E-state index in [9.17, 15) is 9.18 Å². The Morgan fingerprint density at radius 3 is 2.39 bits per heavy atom. The van der Waals surface area contributed by atoms with E-state index in [4.69, 9.17) is 5.73 Å². The number of halogens is 1. The lowest BCUT2D eigenvalue weighted by atomic mass is 10.1. The normalized spacial score (nSPS) is 17.3. The highest BCUT2D eigenvalue weighted by atomic mass is 19.1. The number of hydrogen-bond acceptors (Lipinski definition) is 4. The number of anilines is 1. The first-order valence-electron chi connectivity index (χ1n) is 8.23. The molecule has 1 aliphatic rings. The van der Waals surface area contributed by atoms with Crippen LogP contribution in [0, 0.1) is 11.7 Å². The number of nitrogens with two attached hydrogens (primary N) is 1. The molecule has 1 atom stereocenters. The lowest BCUT2D eigenvalue weighted by molar-refractivity contribution is -0.123. The second kappa shape index (κ2) is 8.26. The molecule has 0 bridgehead atoms. The minimum absolute atomic E-state index is 0.0788.